The molecule has 0 N–H and O–H groups in total. The van der Waals surface area contributed by atoms with Crippen LogP contribution in [0.2, 0.25) is 0 Å². The molecule has 0 heterocycles. The summed E-state index contributed by atoms with van der Waals surface area (Å²) in [6.45, 7) is 8.20. The molecule has 3 aromatic rings. The number of ether oxygens (including phenoxy) is 3. The molecule has 42 heavy (non-hydrogen) atoms. The molecule has 1 atom stereocenters. The van der Waals surface area contributed by atoms with E-state index in [9.17, 15) is 4.79 Å². The normalized spacial score (nSPS) is 11.7. The van der Waals surface area contributed by atoms with Crippen LogP contribution in [0, 0.1) is 5.92 Å². The number of carbonyl (C=O) groups excluding carboxylic acids is 1. The summed E-state index contributed by atoms with van der Waals surface area (Å²) in [7, 11) is 0. The van der Waals surface area contributed by atoms with Crippen LogP contribution >= 0.6 is 0 Å². The SMILES string of the molecule is CCCCCCCCOc1ccc(-c2ccc(C(=O)Oc3ccc(OC[C@@H](C)CCCCCCCC)cc3)cc2)cc1. The van der Waals surface area contributed by atoms with Crippen molar-refractivity contribution in [2.45, 2.75) is 104 Å². The van der Waals surface area contributed by atoms with Crippen LogP contribution in [0.15, 0.2) is 72.8 Å². The minimum absolute atomic E-state index is 0.374. The lowest BCUT2D eigenvalue weighted by Gasteiger charge is -2.13. The highest BCUT2D eigenvalue weighted by Gasteiger charge is 2.10. The number of hydrogen-bond donors (Lipinski definition) is 0. The van der Waals surface area contributed by atoms with Gasteiger partial charge in [0.25, 0.3) is 0 Å². The predicted octanol–water partition coefficient (Wildman–Crippen LogP) is 11.1. The first-order valence-corrected chi connectivity index (χ1v) is 16.4. The Morgan fingerprint density at radius 1 is 0.571 bits per heavy atom. The molecule has 0 amide bonds. The van der Waals surface area contributed by atoms with Gasteiger partial charge in [0.15, 0.2) is 0 Å². The average molecular weight is 573 g/mol. The maximum absolute atomic E-state index is 12.7. The van der Waals surface area contributed by atoms with Crippen molar-refractivity contribution in [2.24, 2.45) is 5.92 Å². The first-order valence-electron chi connectivity index (χ1n) is 16.4. The summed E-state index contributed by atoms with van der Waals surface area (Å²) >= 11 is 0. The molecular formula is C38H52O4. The number of esters is 1. The van der Waals surface area contributed by atoms with Crippen LogP contribution in [-0.4, -0.2) is 19.2 Å². The van der Waals surface area contributed by atoms with E-state index in [1.807, 2.05) is 48.5 Å². The van der Waals surface area contributed by atoms with Gasteiger partial charge in [-0.3, -0.25) is 0 Å². The van der Waals surface area contributed by atoms with Gasteiger partial charge in [0.2, 0.25) is 0 Å². The van der Waals surface area contributed by atoms with Crippen molar-refractivity contribution in [3.8, 4) is 28.4 Å². The van der Waals surface area contributed by atoms with Gasteiger partial charge in [-0.05, 0) is 78.4 Å². The Balaban J connectivity index is 1.38. The first kappa shape index (κ1) is 33.2. The molecule has 0 spiro atoms. The van der Waals surface area contributed by atoms with E-state index >= 15 is 0 Å². The molecule has 0 saturated carbocycles. The number of carbonyl (C=O) groups is 1. The largest absolute Gasteiger partial charge is 0.494 e. The zero-order valence-electron chi connectivity index (χ0n) is 26.2. The highest BCUT2D eigenvalue weighted by Crippen LogP contribution is 2.24. The summed E-state index contributed by atoms with van der Waals surface area (Å²) in [4.78, 5) is 12.7. The summed E-state index contributed by atoms with van der Waals surface area (Å²) in [6.07, 6.45) is 16.7. The van der Waals surface area contributed by atoms with Gasteiger partial charge in [-0.1, -0.05) is 116 Å². The van der Waals surface area contributed by atoms with Gasteiger partial charge >= 0.3 is 5.97 Å². The Bertz CT molecular complexity index is 1120. The fourth-order valence-electron chi connectivity index (χ4n) is 4.98. The molecule has 0 aromatic heterocycles. The molecule has 0 bridgehead atoms. The Hall–Kier alpha value is -3.27. The third kappa shape index (κ3) is 12.7. The van der Waals surface area contributed by atoms with E-state index in [4.69, 9.17) is 14.2 Å². The standard InChI is InChI=1S/C38H52O4/c1-4-6-8-10-12-14-16-31(3)30-41-36-25-27-37(28-26-36)42-38(39)34-19-17-32(18-20-34)33-21-23-35(24-22-33)40-29-15-13-11-9-7-5-2/h17-28,31H,4-16,29-30H2,1-3H3/t31-/m0/s1. The molecule has 0 aliphatic carbocycles. The molecule has 0 aliphatic rings. The van der Waals surface area contributed by atoms with Crippen LogP contribution in [0.5, 0.6) is 17.2 Å². The van der Waals surface area contributed by atoms with E-state index in [1.54, 1.807) is 12.1 Å². The van der Waals surface area contributed by atoms with Gasteiger partial charge in [-0.15, -0.1) is 0 Å². The van der Waals surface area contributed by atoms with Crippen molar-refractivity contribution in [1.29, 1.82) is 0 Å². The van der Waals surface area contributed by atoms with Gasteiger partial charge in [0, 0.05) is 0 Å². The molecule has 0 fully saturated rings. The number of unbranched alkanes of at least 4 members (excludes halogenated alkanes) is 10. The highest BCUT2D eigenvalue weighted by molar-refractivity contribution is 5.91. The molecule has 228 valence electrons. The van der Waals surface area contributed by atoms with Crippen molar-refractivity contribution in [3.63, 3.8) is 0 Å². The van der Waals surface area contributed by atoms with Crippen LogP contribution < -0.4 is 14.2 Å². The summed E-state index contributed by atoms with van der Waals surface area (Å²) in [6, 6.07) is 23.0. The molecule has 4 nitrogen and oxygen atoms in total. The molecule has 0 aliphatic heterocycles. The van der Waals surface area contributed by atoms with Gasteiger partial charge in [-0.25, -0.2) is 4.79 Å². The van der Waals surface area contributed by atoms with E-state index in [-0.39, 0.29) is 5.97 Å². The minimum Gasteiger partial charge on any atom is -0.494 e. The van der Waals surface area contributed by atoms with Gasteiger partial charge < -0.3 is 14.2 Å². The molecule has 4 heteroatoms. The highest BCUT2D eigenvalue weighted by atomic mass is 16.5. The van der Waals surface area contributed by atoms with Crippen LogP contribution in [0.1, 0.15) is 115 Å². The van der Waals surface area contributed by atoms with E-state index in [0.29, 0.717) is 23.8 Å². The second-order valence-corrected chi connectivity index (χ2v) is 11.6. The second-order valence-electron chi connectivity index (χ2n) is 11.6. The quantitative estimate of drug-likeness (QED) is 0.0723. The monoisotopic (exact) mass is 572 g/mol. The van der Waals surface area contributed by atoms with E-state index in [0.717, 1.165) is 35.7 Å². The van der Waals surface area contributed by atoms with Gasteiger partial charge in [-0.2, -0.15) is 0 Å². The smallest absolute Gasteiger partial charge is 0.343 e. The van der Waals surface area contributed by atoms with Crippen molar-refractivity contribution < 1.29 is 19.0 Å². The van der Waals surface area contributed by atoms with Crippen molar-refractivity contribution in [1.82, 2.24) is 0 Å². The lowest BCUT2D eigenvalue weighted by molar-refractivity contribution is 0.0734. The average Bonchev–Trinajstić information content (AvgIpc) is 3.02. The van der Waals surface area contributed by atoms with Crippen LogP contribution in [-0.2, 0) is 0 Å². The third-order valence-corrected chi connectivity index (χ3v) is 7.69. The van der Waals surface area contributed by atoms with E-state index in [2.05, 4.69) is 32.9 Å². The lowest BCUT2D eigenvalue weighted by Crippen LogP contribution is -2.09. The second kappa shape index (κ2) is 19.8. The Morgan fingerprint density at radius 3 is 1.67 bits per heavy atom. The Labute approximate surface area is 254 Å². The first-order chi connectivity index (χ1) is 20.6. The molecule has 0 radical (unpaired) electrons. The fourth-order valence-corrected chi connectivity index (χ4v) is 4.98. The van der Waals surface area contributed by atoms with Gasteiger partial charge in [0.1, 0.15) is 17.2 Å². The zero-order valence-corrected chi connectivity index (χ0v) is 26.2. The van der Waals surface area contributed by atoms with Crippen LogP contribution in [0.4, 0.5) is 0 Å². The predicted molar refractivity (Wildman–Crippen MR) is 175 cm³/mol. The van der Waals surface area contributed by atoms with E-state index in [1.165, 1.54) is 77.0 Å². The summed E-state index contributed by atoms with van der Waals surface area (Å²) in [5, 5.41) is 0. The van der Waals surface area contributed by atoms with Crippen molar-refractivity contribution >= 4 is 5.97 Å². The van der Waals surface area contributed by atoms with E-state index < -0.39 is 0 Å². The number of rotatable bonds is 21. The topological polar surface area (TPSA) is 44.8 Å². The zero-order chi connectivity index (χ0) is 29.8. The summed E-state index contributed by atoms with van der Waals surface area (Å²) in [5.41, 5.74) is 2.64. The molecule has 3 rings (SSSR count). The van der Waals surface area contributed by atoms with Gasteiger partial charge in [0.05, 0.1) is 18.8 Å². The maximum atomic E-state index is 12.7. The fraction of sp³-hybridized carbons (Fsp3) is 0.500. The molecule has 0 unspecified atom stereocenters. The molecular weight excluding hydrogens is 520 g/mol. The molecule has 0 saturated heterocycles. The van der Waals surface area contributed by atoms with Crippen molar-refractivity contribution in [2.75, 3.05) is 13.2 Å². The van der Waals surface area contributed by atoms with Crippen LogP contribution in [0.25, 0.3) is 11.1 Å². The minimum atomic E-state index is -0.374. The lowest BCUT2D eigenvalue weighted by atomic mass is 10.0. The number of benzene rings is 3. The maximum Gasteiger partial charge on any atom is 0.343 e. The molecule has 3 aromatic carbocycles. The summed E-state index contributed by atoms with van der Waals surface area (Å²) < 4.78 is 17.5. The Morgan fingerprint density at radius 2 is 1.05 bits per heavy atom. The van der Waals surface area contributed by atoms with Crippen molar-refractivity contribution in [3.05, 3.63) is 78.4 Å². The third-order valence-electron chi connectivity index (χ3n) is 7.69. The Kier molecular flexibility index (Phi) is 15.7. The van der Waals surface area contributed by atoms with Crippen LogP contribution in [0.3, 0.4) is 0 Å². The summed E-state index contributed by atoms with van der Waals surface area (Å²) in [5.74, 6) is 2.35. The number of hydrogen-bond acceptors (Lipinski definition) is 4.